The molecular formula is C19H17F2N5O3. The quantitative estimate of drug-likeness (QED) is 0.563. The summed E-state index contributed by atoms with van der Waals surface area (Å²) in [4.78, 5) is 12.2. The summed E-state index contributed by atoms with van der Waals surface area (Å²) in [5.41, 5.74) is 1.81. The summed E-state index contributed by atoms with van der Waals surface area (Å²) < 4.78 is 34.9. The highest BCUT2D eigenvalue weighted by atomic mass is 19.3. The number of rotatable bonds is 8. The van der Waals surface area contributed by atoms with Crippen LogP contribution in [0.4, 0.5) is 14.5 Å². The standard InChI is InChI=1S/C19H17F2N5O3/c1-28-15-4-2-3-13(18(15)29-19(20)21)7-10-17(27)22-14-8-5-12(6-9-14)11-16-23-25-26-24-16/h2-10,19H,11H2,1H3,(H,22,27)(H,23,24,25,26). The second-order valence-corrected chi connectivity index (χ2v) is 5.78. The molecule has 3 aromatic rings. The van der Waals surface area contributed by atoms with Crippen LogP contribution < -0.4 is 14.8 Å². The predicted molar refractivity (Wildman–Crippen MR) is 101 cm³/mol. The van der Waals surface area contributed by atoms with Crippen molar-refractivity contribution in [1.29, 1.82) is 0 Å². The van der Waals surface area contributed by atoms with Crippen LogP contribution in [0.25, 0.3) is 6.08 Å². The Morgan fingerprint density at radius 2 is 2.03 bits per heavy atom. The van der Waals surface area contributed by atoms with Crippen LogP contribution >= 0.6 is 0 Å². The number of methoxy groups -OCH3 is 1. The predicted octanol–water partition coefficient (Wildman–Crippen LogP) is 3.05. The van der Waals surface area contributed by atoms with Crippen molar-refractivity contribution < 1.29 is 23.0 Å². The molecule has 0 fully saturated rings. The van der Waals surface area contributed by atoms with Gasteiger partial charge in [0.1, 0.15) is 0 Å². The van der Waals surface area contributed by atoms with Crippen LogP contribution in [-0.2, 0) is 11.2 Å². The Balaban J connectivity index is 1.65. The Morgan fingerprint density at radius 3 is 2.69 bits per heavy atom. The van der Waals surface area contributed by atoms with Crippen LogP contribution in [0.15, 0.2) is 48.5 Å². The van der Waals surface area contributed by atoms with Gasteiger partial charge in [0, 0.05) is 23.7 Å². The van der Waals surface area contributed by atoms with Crippen molar-refractivity contribution in [2.24, 2.45) is 0 Å². The number of tetrazole rings is 1. The summed E-state index contributed by atoms with van der Waals surface area (Å²) in [5.74, 6) is 0.136. The molecule has 1 aromatic heterocycles. The van der Waals surface area contributed by atoms with Gasteiger partial charge in [-0.15, -0.1) is 10.2 Å². The fourth-order valence-corrected chi connectivity index (χ4v) is 2.54. The van der Waals surface area contributed by atoms with Crippen LogP contribution in [0, 0.1) is 0 Å². The molecule has 0 unspecified atom stereocenters. The molecule has 0 saturated carbocycles. The second kappa shape index (κ2) is 9.40. The Hall–Kier alpha value is -3.82. The van der Waals surface area contributed by atoms with E-state index in [-0.39, 0.29) is 17.1 Å². The molecule has 10 heteroatoms. The van der Waals surface area contributed by atoms with E-state index in [9.17, 15) is 13.6 Å². The summed E-state index contributed by atoms with van der Waals surface area (Å²) in [7, 11) is 1.34. The highest BCUT2D eigenvalue weighted by molar-refractivity contribution is 6.02. The first-order valence-corrected chi connectivity index (χ1v) is 8.47. The largest absolute Gasteiger partial charge is 0.493 e. The van der Waals surface area contributed by atoms with Gasteiger partial charge in [-0.1, -0.05) is 29.5 Å². The Bertz CT molecular complexity index is 976. The van der Waals surface area contributed by atoms with Crippen LogP contribution in [0.3, 0.4) is 0 Å². The molecule has 29 heavy (non-hydrogen) atoms. The number of halogens is 2. The summed E-state index contributed by atoms with van der Waals surface area (Å²) in [6.07, 6.45) is 3.11. The third-order valence-corrected chi connectivity index (χ3v) is 3.82. The van der Waals surface area contributed by atoms with Crippen LogP contribution in [0.2, 0.25) is 0 Å². The van der Waals surface area contributed by atoms with Crippen molar-refractivity contribution in [3.8, 4) is 11.5 Å². The molecule has 150 valence electrons. The van der Waals surface area contributed by atoms with E-state index in [1.165, 1.54) is 31.4 Å². The third kappa shape index (κ3) is 5.58. The van der Waals surface area contributed by atoms with Crippen LogP contribution in [-0.4, -0.2) is 40.3 Å². The minimum Gasteiger partial charge on any atom is -0.493 e. The van der Waals surface area contributed by atoms with Gasteiger partial charge >= 0.3 is 6.61 Å². The normalized spacial score (nSPS) is 11.0. The molecule has 0 bridgehead atoms. The van der Waals surface area contributed by atoms with Crippen LogP contribution in [0.1, 0.15) is 17.0 Å². The first kappa shape index (κ1) is 19.9. The number of ether oxygens (including phenoxy) is 2. The first-order valence-electron chi connectivity index (χ1n) is 8.47. The molecule has 2 aromatic carbocycles. The molecule has 1 heterocycles. The topological polar surface area (TPSA) is 102 Å². The molecular weight excluding hydrogens is 384 g/mol. The first-order chi connectivity index (χ1) is 14.0. The zero-order valence-electron chi connectivity index (χ0n) is 15.3. The maximum absolute atomic E-state index is 12.7. The summed E-state index contributed by atoms with van der Waals surface area (Å²) in [5, 5.41) is 16.3. The average Bonchev–Trinajstić information content (AvgIpc) is 3.21. The number of benzene rings is 2. The van der Waals surface area contributed by atoms with E-state index < -0.39 is 12.5 Å². The lowest BCUT2D eigenvalue weighted by Crippen LogP contribution is -2.08. The molecule has 0 radical (unpaired) electrons. The number of aromatic amines is 1. The lowest BCUT2D eigenvalue weighted by molar-refractivity contribution is -0.111. The maximum Gasteiger partial charge on any atom is 0.387 e. The summed E-state index contributed by atoms with van der Waals surface area (Å²) in [6.45, 7) is -3.02. The van der Waals surface area contributed by atoms with Gasteiger partial charge < -0.3 is 14.8 Å². The molecule has 0 aliphatic carbocycles. The summed E-state index contributed by atoms with van der Waals surface area (Å²) >= 11 is 0. The number of alkyl halides is 2. The summed E-state index contributed by atoms with van der Waals surface area (Å²) in [6, 6.07) is 11.8. The molecule has 0 aliphatic rings. The van der Waals surface area contributed by atoms with E-state index >= 15 is 0 Å². The van der Waals surface area contributed by atoms with Crippen LogP contribution in [0.5, 0.6) is 11.5 Å². The van der Waals surface area contributed by atoms with E-state index in [0.29, 0.717) is 17.9 Å². The van der Waals surface area contributed by atoms with E-state index in [2.05, 4.69) is 30.7 Å². The third-order valence-electron chi connectivity index (χ3n) is 3.82. The number of anilines is 1. The number of carbonyl (C=O) groups is 1. The average molecular weight is 401 g/mol. The number of hydrogen-bond donors (Lipinski definition) is 2. The molecule has 2 N–H and O–H groups in total. The molecule has 0 saturated heterocycles. The number of nitrogens with one attached hydrogen (secondary N) is 2. The smallest absolute Gasteiger partial charge is 0.387 e. The van der Waals surface area contributed by atoms with Gasteiger partial charge in [-0.3, -0.25) is 4.79 Å². The fourth-order valence-electron chi connectivity index (χ4n) is 2.54. The number of para-hydroxylation sites is 1. The van der Waals surface area contributed by atoms with Gasteiger partial charge in [-0.2, -0.15) is 14.0 Å². The Labute approximate surface area is 164 Å². The van der Waals surface area contributed by atoms with Crippen molar-refractivity contribution in [2.75, 3.05) is 12.4 Å². The lowest BCUT2D eigenvalue weighted by Gasteiger charge is -2.12. The highest BCUT2D eigenvalue weighted by Gasteiger charge is 2.14. The van der Waals surface area contributed by atoms with Crippen molar-refractivity contribution in [3.63, 3.8) is 0 Å². The van der Waals surface area contributed by atoms with Gasteiger partial charge in [0.2, 0.25) is 5.91 Å². The van der Waals surface area contributed by atoms with Gasteiger partial charge in [-0.05, 0) is 29.8 Å². The number of aromatic nitrogens is 4. The Morgan fingerprint density at radius 1 is 1.24 bits per heavy atom. The number of carbonyl (C=O) groups excluding carboxylic acids is 1. The van der Waals surface area contributed by atoms with Crippen molar-refractivity contribution in [2.45, 2.75) is 13.0 Å². The van der Waals surface area contributed by atoms with Gasteiger partial charge in [0.05, 0.1) is 7.11 Å². The van der Waals surface area contributed by atoms with E-state index in [0.717, 1.165) is 5.56 Å². The van der Waals surface area contributed by atoms with Crippen molar-refractivity contribution >= 4 is 17.7 Å². The zero-order valence-corrected chi connectivity index (χ0v) is 15.3. The number of H-pyrrole nitrogens is 1. The minimum atomic E-state index is -3.02. The van der Waals surface area contributed by atoms with E-state index in [1.807, 2.05) is 12.1 Å². The molecule has 0 aliphatic heterocycles. The number of amides is 1. The van der Waals surface area contributed by atoms with E-state index in [4.69, 9.17) is 4.74 Å². The SMILES string of the molecule is COc1cccc(C=CC(=O)Nc2ccc(Cc3nn[nH]n3)cc2)c1OC(F)F. The van der Waals surface area contributed by atoms with E-state index in [1.54, 1.807) is 18.2 Å². The van der Waals surface area contributed by atoms with Gasteiger partial charge in [0.25, 0.3) is 0 Å². The van der Waals surface area contributed by atoms with Crippen molar-refractivity contribution in [3.05, 3.63) is 65.5 Å². The van der Waals surface area contributed by atoms with Gasteiger partial charge in [-0.25, -0.2) is 0 Å². The fraction of sp³-hybridized carbons (Fsp3) is 0.158. The minimum absolute atomic E-state index is 0.139. The van der Waals surface area contributed by atoms with Gasteiger partial charge in [0.15, 0.2) is 17.3 Å². The second-order valence-electron chi connectivity index (χ2n) is 5.78. The molecule has 3 rings (SSSR count). The molecule has 8 nitrogen and oxygen atoms in total. The number of hydrogen-bond acceptors (Lipinski definition) is 6. The molecule has 0 atom stereocenters. The highest BCUT2D eigenvalue weighted by Crippen LogP contribution is 2.33. The molecule has 0 spiro atoms. The molecule has 1 amide bonds. The Kier molecular flexibility index (Phi) is 6.46. The van der Waals surface area contributed by atoms with Crippen molar-refractivity contribution in [1.82, 2.24) is 20.6 Å². The zero-order chi connectivity index (χ0) is 20.6. The number of nitrogens with zero attached hydrogens (tertiary/aromatic N) is 3. The lowest BCUT2D eigenvalue weighted by atomic mass is 10.1. The monoisotopic (exact) mass is 401 g/mol. The maximum atomic E-state index is 12.7.